The second kappa shape index (κ2) is 8.67. The Morgan fingerprint density at radius 1 is 1.11 bits per heavy atom. The van der Waals surface area contributed by atoms with Gasteiger partial charge in [0.1, 0.15) is 10.7 Å². The molecule has 150 valence electrons. The highest BCUT2D eigenvalue weighted by Gasteiger charge is 2.32. The topological polar surface area (TPSA) is 60.9 Å². The lowest BCUT2D eigenvalue weighted by molar-refractivity contribution is -0.136. The number of sulfonamides is 1. The van der Waals surface area contributed by atoms with Gasteiger partial charge in [-0.15, -0.1) is 0 Å². The molecule has 1 aromatic rings. The van der Waals surface area contributed by atoms with Crippen LogP contribution in [0.4, 0.5) is 4.39 Å². The summed E-state index contributed by atoms with van der Waals surface area (Å²) >= 11 is 0. The molecule has 2 aliphatic heterocycles. The number of carbonyl (C=O) groups is 1. The third kappa shape index (κ3) is 4.50. The summed E-state index contributed by atoms with van der Waals surface area (Å²) in [6.07, 6.45) is 4.27. The molecule has 8 heteroatoms. The zero-order valence-electron chi connectivity index (χ0n) is 15.8. The van der Waals surface area contributed by atoms with E-state index in [1.807, 2.05) is 9.80 Å². The molecule has 1 amide bonds. The molecule has 2 heterocycles. The van der Waals surface area contributed by atoms with Crippen LogP contribution in [0.1, 0.15) is 32.6 Å². The monoisotopic (exact) mass is 397 g/mol. The number of halogens is 1. The van der Waals surface area contributed by atoms with Crippen molar-refractivity contribution in [2.75, 3.05) is 39.3 Å². The first-order chi connectivity index (χ1) is 12.9. The van der Waals surface area contributed by atoms with Crippen LogP contribution >= 0.6 is 0 Å². The van der Waals surface area contributed by atoms with Crippen molar-refractivity contribution in [3.63, 3.8) is 0 Å². The molecule has 1 unspecified atom stereocenters. The number of hydrogen-bond donors (Lipinski definition) is 0. The normalized spacial score (nSPS) is 22.7. The van der Waals surface area contributed by atoms with Gasteiger partial charge in [-0.3, -0.25) is 9.69 Å². The van der Waals surface area contributed by atoms with Gasteiger partial charge in [0.15, 0.2) is 0 Å². The van der Waals surface area contributed by atoms with E-state index in [0.29, 0.717) is 25.7 Å². The van der Waals surface area contributed by atoms with E-state index in [-0.39, 0.29) is 23.9 Å². The maximum Gasteiger partial charge on any atom is 0.246 e. The van der Waals surface area contributed by atoms with E-state index >= 15 is 0 Å². The average molecular weight is 398 g/mol. The van der Waals surface area contributed by atoms with Gasteiger partial charge in [0.2, 0.25) is 15.9 Å². The molecule has 0 bridgehead atoms. The van der Waals surface area contributed by atoms with E-state index in [9.17, 15) is 17.6 Å². The Labute approximate surface area is 161 Å². The Bertz CT molecular complexity index is 763. The second-order valence-corrected chi connectivity index (χ2v) is 9.16. The Morgan fingerprint density at radius 2 is 1.81 bits per heavy atom. The summed E-state index contributed by atoms with van der Waals surface area (Å²) in [4.78, 5) is 16.4. The van der Waals surface area contributed by atoms with Gasteiger partial charge in [0.05, 0.1) is 6.54 Å². The molecule has 0 aromatic heterocycles. The van der Waals surface area contributed by atoms with Gasteiger partial charge >= 0.3 is 0 Å². The minimum Gasteiger partial charge on any atom is -0.339 e. The van der Waals surface area contributed by atoms with Gasteiger partial charge in [-0.25, -0.2) is 12.8 Å². The van der Waals surface area contributed by atoms with E-state index in [1.165, 1.54) is 28.9 Å². The number of benzene rings is 1. The predicted molar refractivity (Wildman–Crippen MR) is 101 cm³/mol. The van der Waals surface area contributed by atoms with Crippen LogP contribution in [0.3, 0.4) is 0 Å². The summed E-state index contributed by atoms with van der Waals surface area (Å²) in [6, 6.07) is 5.77. The van der Waals surface area contributed by atoms with Crippen molar-refractivity contribution in [1.82, 2.24) is 14.1 Å². The molecule has 0 aliphatic carbocycles. The first kappa shape index (κ1) is 20.2. The molecule has 27 heavy (non-hydrogen) atoms. The summed E-state index contributed by atoms with van der Waals surface area (Å²) in [5.74, 6) is -0.599. The van der Waals surface area contributed by atoms with Gasteiger partial charge in [0.25, 0.3) is 0 Å². The van der Waals surface area contributed by atoms with Crippen molar-refractivity contribution in [1.29, 1.82) is 0 Å². The van der Waals surface area contributed by atoms with Crippen molar-refractivity contribution in [3.8, 4) is 0 Å². The molecule has 1 atom stereocenters. The minimum absolute atomic E-state index is 0.131. The van der Waals surface area contributed by atoms with Crippen LogP contribution in [0, 0.1) is 5.82 Å². The van der Waals surface area contributed by atoms with Gasteiger partial charge in [0, 0.05) is 38.8 Å². The van der Waals surface area contributed by atoms with Crippen LogP contribution in [0.2, 0.25) is 0 Å². The van der Waals surface area contributed by atoms with Crippen molar-refractivity contribution >= 4 is 15.9 Å². The van der Waals surface area contributed by atoms with Gasteiger partial charge in [-0.05, 0) is 37.8 Å². The molecular weight excluding hydrogens is 369 g/mol. The highest BCUT2D eigenvalue weighted by molar-refractivity contribution is 7.89. The summed E-state index contributed by atoms with van der Waals surface area (Å²) < 4.78 is 40.5. The number of rotatable bonds is 5. The first-order valence-electron chi connectivity index (χ1n) is 9.70. The standard InChI is InChI=1S/C19H28FN3O3S/c1-2-16-7-5-6-10-23(16)19(24)15-21-11-13-22(14-12-21)27(25,26)18-9-4-3-8-17(18)20/h3-4,8-9,16H,2,5-7,10-15H2,1H3. The Balaban J connectivity index is 1.57. The molecule has 6 nitrogen and oxygen atoms in total. The highest BCUT2D eigenvalue weighted by atomic mass is 32.2. The van der Waals surface area contributed by atoms with Crippen molar-refractivity contribution < 1.29 is 17.6 Å². The minimum atomic E-state index is -3.84. The van der Waals surface area contributed by atoms with Crippen molar-refractivity contribution in [2.45, 2.75) is 43.5 Å². The Hall–Kier alpha value is -1.51. The summed E-state index contributed by atoms with van der Waals surface area (Å²) in [7, 11) is -3.84. The van der Waals surface area contributed by atoms with E-state index in [4.69, 9.17) is 0 Å². The Morgan fingerprint density at radius 3 is 2.48 bits per heavy atom. The van der Waals surface area contributed by atoms with Crippen molar-refractivity contribution in [2.24, 2.45) is 0 Å². The number of carbonyl (C=O) groups excluding carboxylic acids is 1. The van der Waals surface area contributed by atoms with E-state index < -0.39 is 15.8 Å². The van der Waals surface area contributed by atoms with E-state index in [1.54, 1.807) is 0 Å². The number of nitrogens with zero attached hydrogens (tertiary/aromatic N) is 3. The fraction of sp³-hybridized carbons (Fsp3) is 0.632. The third-order valence-corrected chi connectivity index (χ3v) is 7.50. The zero-order chi connectivity index (χ0) is 19.4. The lowest BCUT2D eigenvalue weighted by Crippen LogP contribution is -2.53. The van der Waals surface area contributed by atoms with Gasteiger partial charge < -0.3 is 4.90 Å². The van der Waals surface area contributed by atoms with E-state index in [2.05, 4.69) is 6.92 Å². The smallest absolute Gasteiger partial charge is 0.246 e. The molecule has 2 fully saturated rings. The largest absolute Gasteiger partial charge is 0.339 e. The van der Waals surface area contributed by atoms with Crippen LogP contribution in [0.5, 0.6) is 0 Å². The molecule has 2 aliphatic rings. The first-order valence-corrected chi connectivity index (χ1v) is 11.1. The van der Waals surface area contributed by atoms with Crippen LogP contribution in [-0.4, -0.2) is 73.7 Å². The predicted octanol–water partition coefficient (Wildman–Crippen LogP) is 1.92. The van der Waals surface area contributed by atoms with Crippen molar-refractivity contribution in [3.05, 3.63) is 30.1 Å². The summed E-state index contributed by atoms with van der Waals surface area (Å²) in [6.45, 7) is 4.74. The fourth-order valence-electron chi connectivity index (χ4n) is 3.96. The molecule has 0 saturated carbocycles. The molecule has 1 aromatic carbocycles. The third-order valence-electron chi connectivity index (χ3n) is 5.56. The number of piperidine rings is 1. The Kier molecular flexibility index (Phi) is 6.49. The molecule has 2 saturated heterocycles. The number of hydrogen-bond acceptors (Lipinski definition) is 4. The highest BCUT2D eigenvalue weighted by Crippen LogP contribution is 2.22. The lowest BCUT2D eigenvalue weighted by Gasteiger charge is -2.38. The molecule has 3 rings (SSSR count). The quantitative estimate of drug-likeness (QED) is 0.762. The number of amides is 1. The average Bonchev–Trinajstić information content (AvgIpc) is 2.68. The molecule has 0 radical (unpaired) electrons. The molecule has 0 spiro atoms. The summed E-state index contributed by atoms with van der Waals surface area (Å²) in [5, 5.41) is 0. The van der Waals surface area contributed by atoms with Crippen LogP contribution in [0.15, 0.2) is 29.2 Å². The maximum absolute atomic E-state index is 13.9. The number of piperazine rings is 1. The molecule has 0 N–H and O–H groups in total. The van der Waals surface area contributed by atoms with Gasteiger partial charge in [-0.1, -0.05) is 19.1 Å². The van der Waals surface area contributed by atoms with Crippen LogP contribution < -0.4 is 0 Å². The second-order valence-electron chi connectivity index (χ2n) is 7.26. The fourth-order valence-corrected chi connectivity index (χ4v) is 5.44. The van der Waals surface area contributed by atoms with Crippen LogP contribution in [0.25, 0.3) is 0 Å². The van der Waals surface area contributed by atoms with Crippen LogP contribution in [-0.2, 0) is 14.8 Å². The number of likely N-dealkylation sites (tertiary alicyclic amines) is 1. The van der Waals surface area contributed by atoms with Gasteiger partial charge in [-0.2, -0.15) is 4.31 Å². The maximum atomic E-state index is 13.9. The molecular formula is C19H28FN3O3S. The SMILES string of the molecule is CCC1CCCCN1C(=O)CN1CCN(S(=O)(=O)c2ccccc2F)CC1. The summed E-state index contributed by atoms with van der Waals surface area (Å²) in [5.41, 5.74) is 0. The van der Waals surface area contributed by atoms with E-state index in [0.717, 1.165) is 31.9 Å². The lowest BCUT2D eigenvalue weighted by atomic mass is 10.00. The zero-order valence-corrected chi connectivity index (χ0v) is 16.6.